The molecule has 0 aromatic carbocycles. The largest absolute Gasteiger partial charge is 0.330 e. The van der Waals surface area contributed by atoms with E-state index in [1.807, 2.05) is 13.8 Å². The zero-order chi connectivity index (χ0) is 10.2. The highest BCUT2D eigenvalue weighted by atomic mass is 14.9. The van der Waals surface area contributed by atoms with Gasteiger partial charge in [-0.05, 0) is 32.8 Å². The first kappa shape index (κ1) is 9.59. The van der Waals surface area contributed by atoms with Crippen LogP contribution in [0.1, 0.15) is 36.5 Å². The van der Waals surface area contributed by atoms with E-state index in [0.717, 1.165) is 17.2 Å². The van der Waals surface area contributed by atoms with Gasteiger partial charge in [-0.2, -0.15) is 0 Å². The molecule has 0 spiro atoms. The fourth-order valence-electron chi connectivity index (χ4n) is 2.16. The van der Waals surface area contributed by atoms with E-state index in [4.69, 9.17) is 5.73 Å². The standard InChI is InChI=1S/C11H17N3/c1-8-6-10(14-9(2)13-8)11(7-12)4-3-5-11/h6H,3-5,7,12H2,1-2H3. The first-order valence-electron chi connectivity index (χ1n) is 5.19. The molecular formula is C11H17N3. The van der Waals surface area contributed by atoms with Gasteiger partial charge in [-0.1, -0.05) is 6.42 Å². The van der Waals surface area contributed by atoms with Crippen LogP contribution in [0, 0.1) is 13.8 Å². The van der Waals surface area contributed by atoms with Crippen LogP contribution in [0.5, 0.6) is 0 Å². The van der Waals surface area contributed by atoms with E-state index in [0.29, 0.717) is 6.54 Å². The predicted molar refractivity (Wildman–Crippen MR) is 56.1 cm³/mol. The summed E-state index contributed by atoms with van der Waals surface area (Å²) in [5.74, 6) is 0.861. The van der Waals surface area contributed by atoms with Crippen LogP contribution in [0.3, 0.4) is 0 Å². The molecular weight excluding hydrogens is 174 g/mol. The summed E-state index contributed by atoms with van der Waals surface area (Å²) in [7, 11) is 0. The van der Waals surface area contributed by atoms with Gasteiger partial charge in [0, 0.05) is 17.7 Å². The second kappa shape index (κ2) is 3.31. The van der Waals surface area contributed by atoms with Crippen LogP contribution in [-0.2, 0) is 5.41 Å². The number of aromatic nitrogens is 2. The molecule has 0 unspecified atom stereocenters. The first-order chi connectivity index (χ1) is 6.66. The van der Waals surface area contributed by atoms with Crippen LogP contribution in [0.25, 0.3) is 0 Å². The smallest absolute Gasteiger partial charge is 0.125 e. The van der Waals surface area contributed by atoms with E-state index in [9.17, 15) is 0 Å². The molecule has 0 radical (unpaired) electrons. The third-order valence-corrected chi connectivity index (χ3v) is 3.21. The predicted octanol–water partition coefficient (Wildman–Crippen LogP) is 1.47. The molecule has 1 heterocycles. The lowest BCUT2D eigenvalue weighted by atomic mass is 9.66. The van der Waals surface area contributed by atoms with Gasteiger partial charge in [0.15, 0.2) is 0 Å². The Hall–Kier alpha value is -0.960. The zero-order valence-corrected chi connectivity index (χ0v) is 8.88. The van der Waals surface area contributed by atoms with Crippen LogP contribution < -0.4 is 5.73 Å². The quantitative estimate of drug-likeness (QED) is 0.770. The van der Waals surface area contributed by atoms with Crippen LogP contribution in [0.15, 0.2) is 6.07 Å². The number of hydrogen-bond acceptors (Lipinski definition) is 3. The maximum atomic E-state index is 5.84. The lowest BCUT2D eigenvalue weighted by Crippen LogP contribution is -2.42. The molecule has 3 nitrogen and oxygen atoms in total. The highest BCUT2D eigenvalue weighted by molar-refractivity contribution is 5.23. The van der Waals surface area contributed by atoms with Crippen molar-refractivity contribution < 1.29 is 0 Å². The van der Waals surface area contributed by atoms with Gasteiger partial charge in [-0.25, -0.2) is 9.97 Å². The molecule has 1 aliphatic carbocycles. The Morgan fingerprint density at radius 1 is 1.36 bits per heavy atom. The molecule has 76 valence electrons. The maximum Gasteiger partial charge on any atom is 0.125 e. The van der Waals surface area contributed by atoms with Gasteiger partial charge in [0.2, 0.25) is 0 Å². The van der Waals surface area contributed by atoms with Crippen molar-refractivity contribution in [2.75, 3.05) is 6.54 Å². The van der Waals surface area contributed by atoms with Crippen molar-refractivity contribution in [3.8, 4) is 0 Å². The number of nitrogens with two attached hydrogens (primary N) is 1. The molecule has 0 bridgehead atoms. The van der Waals surface area contributed by atoms with Crippen molar-refractivity contribution in [3.05, 3.63) is 23.3 Å². The molecule has 1 aromatic heterocycles. The fraction of sp³-hybridized carbons (Fsp3) is 0.636. The Bertz CT molecular complexity index is 317. The monoisotopic (exact) mass is 191 g/mol. The normalized spacial score (nSPS) is 19.1. The van der Waals surface area contributed by atoms with Gasteiger partial charge >= 0.3 is 0 Å². The molecule has 3 heteroatoms. The highest BCUT2D eigenvalue weighted by Gasteiger charge is 2.38. The molecule has 1 aliphatic rings. The minimum absolute atomic E-state index is 0.165. The lowest BCUT2D eigenvalue weighted by Gasteiger charge is -2.40. The second-order valence-electron chi connectivity index (χ2n) is 4.28. The third-order valence-electron chi connectivity index (χ3n) is 3.21. The number of rotatable bonds is 2. The summed E-state index contributed by atoms with van der Waals surface area (Å²) < 4.78 is 0. The summed E-state index contributed by atoms with van der Waals surface area (Å²) in [4.78, 5) is 8.80. The molecule has 0 aliphatic heterocycles. The highest BCUT2D eigenvalue weighted by Crippen LogP contribution is 2.41. The second-order valence-corrected chi connectivity index (χ2v) is 4.28. The Balaban J connectivity index is 2.39. The molecule has 1 fully saturated rings. The number of nitrogens with zero attached hydrogens (tertiary/aromatic N) is 2. The first-order valence-corrected chi connectivity index (χ1v) is 5.19. The van der Waals surface area contributed by atoms with Crippen molar-refractivity contribution in [2.45, 2.75) is 38.5 Å². The molecule has 0 amide bonds. The molecule has 2 N–H and O–H groups in total. The van der Waals surface area contributed by atoms with Crippen molar-refractivity contribution in [2.24, 2.45) is 5.73 Å². The van der Waals surface area contributed by atoms with Crippen molar-refractivity contribution in [1.82, 2.24) is 9.97 Å². The third kappa shape index (κ3) is 1.42. The number of aryl methyl sites for hydroxylation is 2. The van der Waals surface area contributed by atoms with Gasteiger partial charge in [0.05, 0.1) is 5.69 Å². The van der Waals surface area contributed by atoms with Gasteiger partial charge in [0.1, 0.15) is 5.82 Å². The maximum absolute atomic E-state index is 5.84. The Labute approximate surface area is 84.8 Å². The molecule has 14 heavy (non-hydrogen) atoms. The fourth-order valence-corrected chi connectivity index (χ4v) is 2.16. The minimum atomic E-state index is 0.165. The van der Waals surface area contributed by atoms with Gasteiger partial charge in [0.25, 0.3) is 0 Å². The van der Waals surface area contributed by atoms with Crippen LogP contribution in [-0.4, -0.2) is 16.5 Å². The molecule has 1 aromatic rings. The van der Waals surface area contributed by atoms with Crippen LogP contribution in [0.4, 0.5) is 0 Å². The van der Waals surface area contributed by atoms with E-state index in [1.165, 1.54) is 19.3 Å². The average molecular weight is 191 g/mol. The van der Waals surface area contributed by atoms with Crippen LogP contribution >= 0.6 is 0 Å². The summed E-state index contributed by atoms with van der Waals surface area (Å²) >= 11 is 0. The summed E-state index contributed by atoms with van der Waals surface area (Å²) in [5.41, 5.74) is 8.20. The van der Waals surface area contributed by atoms with Gasteiger partial charge < -0.3 is 5.73 Å². The average Bonchev–Trinajstić information content (AvgIpc) is 2.01. The summed E-state index contributed by atoms with van der Waals surface area (Å²) in [6, 6.07) is 2.08. The van der Waals surface area contributed by atoms with Crippen molar-refractivity contribution in [1.29, 1.82) is 0 Å². The van der Waals surface area contributed by atoms with Crippen molar-refractivity contribution >= 4 is 0 Å². The topological polar surface area (TPSA) is 51.8 Å². The van der Waals surface area contributed by atoms with E-state index < -0.39 is 0 Å². The summed E-state index contributed by atoms with van der Waals surface area (Å²) in [5, 5.41) is 0. The Morgan fingerprint density at radius 2 is 2.07 bits per heavy atom. The zero-order valence-electron chi connectivity index (χ0n) is 8.88. The Kier molecular flexibility index (Phi) is 2.27. The Morgan fingerprint density at radius 3 is 2.50 bits per heavy atom. The lowest BCUT2D eigenvalue weighted by molar-refractivity contribution is 0.245. The number of hydrogen-bond donors (Lipinski definition) is 1. The van der Waals surface area contributed by atoms with Crippen molar-refractivity contribution in [3.63, 3.8) is 0 Å². The summed E-state index contributed by atoms with van der Waals surface area (Å²) in [6.07, 6.45) is 3.64. The van der Waals surface area contributed by atoms with Gasteiger partial charge in [-0.15, -0.1) is 0 Å². The minimum Gasteiger partial charge on any atom is -0.330 e. The molecule has 1 saturated carbocycles. The molecule has 0 saturated heterocycles. The SMILES string of the molecule is Cc1cc(C2(CN)CCC2)nc(C)n1. The van der Waals surface area contributed by atoms with E-state index >= 15 is 0 Å². The van der Waals surface area contributed by atoms with E-state index in [1.54, 1.807) is 0 Å². The molecule has 2 rings (SSSR count). The van der Waals surface area contributed by atoms with E-state index in [2.05, 4.69) is 16.0 Å². The summed E-state index contributed by atoms with van der Waals surface area (Å²) in [6.45, 7) is 4.67. The van der Waals surface area contributed by atoms with Crippen LogP contribution in [0.2, 0.25) is 0 Å². The van der Waals surface area contributed by atoms with Gasteiger partial charge in [-0.3, -0.25) is 0 Å². The van der Waals surface area contributed by atoms with E-state index in [-0.39, 0.29) is 5.41 Å². The molecule has 0 atom stereocenters.